The molecule has 0 radical (unpaired) electrons. The Balaban J connectivity index is 1.75. The van der Waals surface area contributed by atoms with Gasteiger partial charge in [0.25, 0.3) is 0 Å². The fourth-order valence-corrected chi connectivity index (χ4v) is 2.44. The third kappa shape index (κ3) is 4.45. The zero-order valence-corrected chi connectivity index (χ0v) is 13.9. The van der Waals surface area contributed by atoms with Crippen LogP contribution >= 0.6 is 0 Å². The summed E-state index contributed by atoms with van der Waals surface area (Å²) in [6.07, 6.45) is 0.266. The second-order valence-corrected chi connectivity index (χ2v) is 5.88. The molecule has 1 aromatic rings. The van der Waals surface area contributed by atoms with Gasteiger partial charge < -0.3 is 19.5 Å². The molecule has 0 spiro atoms. The van der Waals surface area contributed by atoms with E-state index in [1.165, 1.54) is 0 Å². The highest BCUT2D eigenvalue weighted by Crippen LogP contribution is 2.19. The number of ether oxygens (including phenoxy) is 1. The molecule has 7 heteroatoms. The average molecular weight is 310 g/mol. The Morgan fingerprint density at radius 3 is 2.55 bits per heavy atom. The lowest BCUT2D eigenvalue weighted by atomic mass is 10.3. The van der Waals surface area contributed by atoms with Crippen LogP contribution in [0.3, 0.4) is 0 Å². The van der Waals surface area contributed by atoms with Crippen LogP contribution in [-0.4, -0.2) is 66.4 Å². The molecule has 1 N–H and O–H groups in total. The topological polar surface area (TPSA) is 70.8 Å². The van der Waals surface area contributed by atoms with Crippen molar-refractivity contribution in [2.24, 2.45) is 0 Å². The molecule has 0 bridgehead atoms. The number of aryl methyl sites for hydroxylation is 2. The lowest BCUT2D eigenvalue weighted by Gasteiger charge is -2.34. The molecule has 1 fully saturated rings. The maximum atomic E-state index is 12.3. The maximum absolute atomic E-state index is 12.3. The molecule has 2 amide bonds. The van der Waals surface area contributed by atoms with Crippen molar-refractivity contribution in [3.8, 4) is 0 Å². The summed E-state index contributed by atoms with van der Waals surface area (Å²) >= 11 is 0. The monoisotopic (exact) mass is 310 g/mol. The van der Waals surface area contributed by atoms with Gasteiger partial charge in [-0.15, -0.1) is 0 Å². The van der Waals surface area contributed by atoms with E-state index in [0.717, 1.165) is 39.3 Å². The van der Waals surface area contributed by atoms with Crippen LogP contribution in [0.25, 0.3) is 0 Å². The van der Waals surface area contributed by atoms with Crippen molar-refractivity contribution < 1.29 is 14.1 Å². The van der Waals surface area contributed by atoms with E-state index in [9.17, 15) is 4.79 Å². The van der Waals surface area contributed by atoms with E-state index in [1.807, 2.05) is 25.7 Å². The van der Waals surface area contributed by atoms with Crippen molar-refractivity contribution in [2.75, 3.05) is 44.6 Å². The van der Waals surface area contributed by atoms with Crippen molar-refractivity contribution in [1.29, 1.82) is 0 Å². The van der Waals surface area contributed by atoms with E-state index in [-0.39, 0.29) is 12.1 Å². The number of nitrogens with zero attached hydrogens (tertiary/aromatic N) is 3. The van der Waals surface area contributed by atoms with Crippen LogP contribution in [-0.2, 0) is 4.74 Å². The number of hydrogen-bond donors (Lipinski definition) is 1. The number of anilines is 1. The first kappa shape index (κ1) is 16.8. The zero-order valence-electron chi connectivity index (χ0n) is 13.9. The summed E-state index contributed by atoms with van der Waals surface area (Å²) in [6, 6.07) is -0.0903. The maximum Gasteiger partial charge on any atom is 0.322 e. The van der Waals surface area contributed by atoms with Gasteiger partial charge in [-0.25, -0.2) is 4.79 Å². The third-order valence-corrected chi connectivity index (χ3v) is 3.78. The first-order chi connectivity index (χ1) is 10.5. The van der Waals surface area contributed by atoms with Crippen molar-refractivity contribution in [3.63, 3.8) is 0 Å². The molecule has 0 unspecified atom stereocenters. The van der Waals surface area contributed by atoms with Crippen molar-refractivity contribution >= 4 is 11.7 Å². The Morgan fingerprint density at radius 1 is 1.32 bits per heavy atom. The van der Waals surface area contributed by atoms with Crippen LogP contribution in [0, 0.1) is 13.8 Å². The molecule has 1 aromatic heterocycles. The van der Waals surface area contributed by atoms with Crippen LogP contribution in [0.2, 0.25) is 0 Å². The Bertz CT molecular complexity index is 473. The number of hydrogen-bond acceptors (Lipinski definition) is 5. The van der Waals surface area contributed by atoms with E-state index in [1.54, 1.807) is 6.92 Å². The van der Waals surface area contributed by atoms with E-state index in [0.29, 0.717) is 17.1 Å². The van der Waals surface area contributed by atoms with Gasteiger partial charge in [-0.2, -0.15) is 0 Å². The molecular formula is C15H26N4O3. The largest absolute Gasteiger partial charge is 0.377 e. The predicted molar refractivity (Wildman–Crippen MR) is 84.1 cm³/mol. The Hall–Kier alpha value is -1.60. The minimum Gasteiger partial charge on any atom is -0.377 e. The molecule has 22 heavy (non-hydrogen) atoms. The summed E-state index contributed by atoms with van der Waals surface area (Å²) in [4.78, 5) is 16.4. The molecule has 7 nitrogen and oxygen atoms in total. The summed E-state index contributed by atoms with van der Waals surface area (Å²) in [5.74, 6) is 0.635. The second-order valence-electron chi connectivity index (χ2n) is 5.88. The number of amides is 2. The summed E-state index contributed by atoms with van der Waals surface area (Å²) < 4.78 is 10.6. The highest BCUT2D eigenvalue weighted by Gasteiger charge is 2.22. The minimum absolute atomic E-state index is 0.0903. The van der Waals surface area contributed by atoms with Crippen LogP contribution in [0.1, 0.15) is 25.3 Å². The SMILES string of the molecule is Cc1noc(C)c1NC(=O)N1CCN(CCOC(C)C)CC1. The van der Waals surface area contributed by atoms with E-state index >= 15 is 0 Å². The molecular weight excluding hydrogens is 284 g/mol. The fourth-order valence-electron chi connectivity index (χ4n) is 2.44. The molecule has 1 aliphatic rings. The van der Waals surface area contributed by atoms with Crippen LogP contribution in [0.5, 0.6) is 0 Å². The Labute approximate surface area is 131 Å². The number of carbonyl (C=O) groups excluding carboxylic acids is 1. The molecule has 0 aromatic carbocycles. The predicted octanol–water partition coefficient (Wildman–Crippen LogP) is 1.87. The third-order valence-electron chi connectivity index (χ3n) is 3.78. The average Bonchev–Trinajstić information content (AvgIpc) is 2.79. The molecule has 1 aliphatic heterocycles. The molecule has 1 saturated heterocycles. The van der Waals surface area contributed by atoms with Gasteiger partial charge in [0.05, 0.1) is 12.7 Å². The summed E-state index contributed by atoms with van der Waals surface area (Å²) in [5.41, 5.74) is 1.38. The number of piperazine rings is 1. The van der Waals surface area contributed by atoms with Gasteiger partial charge in [0.15, 0.2) is 5.76 Å². The van der Waals surface area contributed by atoms with Crippen molar-refractivity contribution in [3.05, 3.63) is 11.5 Å². The first-order valence-corrected chi connectivity index (χ1v) is 7.80. The number of rotatable bonds is 5. The van der Waals surface area contributed by atoms with Gasteiger partial charge in [-0.3, -0.25) is 4.90 Å². The fraction of sp³-hybridized carbons (Fsp3) is 0.733. The van der Waals surface area contributed by atoms with Gasteiger partial charge in [0, 0.05) is 32.7 Å². The van der Waals surface area contributed by atoms with Gasteiger partial charge in [0.2, 0.25) is 0 Å². The molecule has 2 heterocycles. The van der Waals surface area contributed by atoms with Crippen molar-refractivity contribution in [1.82, 2.24) is 15.0 Å². The van der Waals surface area contributed by atoms with Crippen LogP contribution in [0.4, 0.5) is 10.5 Å². The van der Waals surface area contributed by atoms with Crippen molar-refractivity contribution in [2.45, 2.75) is 33.8 Å². The number of urea groups is 1. The second kappa shape index (κ2) is 7.60. The molecule has 2 rings (SSSR count). The van der Waals surface area contributed by atoms with Crippen LogP contribution < -0.4 is 5.32 Å². The van der Waals surface area contributed by atoms with E-state index in [2.05, 4.69) is 15.4 Å². The highest BCUT2D eigenvalue weighted by molar-refractivity contribution is 5.90. The van der Waals surface area contributed by atoms with Gasteiger partial charge in [0.1, 0.15) is 11.4 Å². The summed E-state index contributed by atoms with van der Waals surface area (Å²) in [6.45, 7) is 12.5. The van der Waals surface area contributed by atoms with Gasteiger partial charge in [-0.1, -0.05) is 5.16 Å². The lowest BCUT2D eigenvalue weighted by Crippen LogP contribution is -2.50. The van der Waals surface area contributed by atoms with Crippen LogP contribution in [0.15, 0.2) is 4.52 Å². The first-order valence-electron chi connectivity index (χ1n) is 7.80. The smallest absolute Gasteiger partial charge is 0.322 e. The quantitative estimate of drug-likeness (QED) is 0.899. The zero-order chi connectivity index (χ0) is 16.1. The van der Waals surface area contributed by atoms with Gasteiger partial charge in [-0.05, 0) is 27.7 Å². The summed E-state index contributed by atoms with van der Waals surface area (Å²) in [7, 11) is 0. The number of aromatic nitrogens is 1. The highest BCUT2D eigenvalue weighted by atomic mass is 16.5. The van der Waals surface area contributed by atoms with E-state index in [4.69, 9.17) is 9.26 Å². The Morgan fingerprint density at radius 2 is 2.00 bits per heavy atom. The minimum atomic E-state index is -0.0903. The lowest BCUT2D eigenvalue weighted by molar-refractivity contribution is 0.0493. The van der Waals surface area contributed by atoms with Gasteiger partial charge >= 0.3 is 6.03 Å². The number of nitrogens with one attached hydrogen (secondary N) is 1. The van der Waals surface area contributed by atoms with E-state index < -0.39 is 0 Å². The molecule has 0 saturated carbocycles. The normalized spacial score (nSPS) is 16.3. The Kier molecular flexibility index (Phi) is 5.79. The standard InChI is InChI=1S/C15H26N4O3/c1-11(2)21-10-9-18-5-7-19(8-6-18)15(20)16-14-12(3)17-22-13(14)4/h11H,5-10H2,1-4H3,(H,16,20). The summed E-state index contributed by atoms with van der Waals surface area (Å²) in [5, 5.41) is 6.73. The molecule has 0 aliphatic carbocycles. The molecule has 0 atom stereocenters. The number of carbonyl (C=O) groups is 1. The molecule has 124 valence electrons.